The highest BCUT2D eigenvalue weighted by atomic mass is 16.5. The topological polar surface area (TPSA) is 78.9 Å². The Morgan fingerprint density at radius 2 is 2.05 bits per heavy atom. The summed E-state index contributed by atoms with van der Waals surface area (Å²) in [5.74, 6) is -0.562. The summed E-state index contributed by atoms with van der Waals surface area (Å²) in [6.45, 7) is 2.46. The lowest BCUT2D eigenvalue weighted by Gasteiger charge is -2.33. The number of anilines is 1. The molecule has 1 atom stereocenters. The fourth-order valence-corrected chi connectivity index (χ4v) is 2.37. The SMILES string of the molecule is CC1CCCCN1C(=O)Nc1ccc(OCC(=O)O)cc1. The normalized spacial score (nSPS) is 18.1. The zero-order valence-electron chi connectivity index (χ0n) is 12.0. The van der Waals surface area contributed by atoms with Crippen molar-refractivity contribution in [1.29, 1.82) is 0 Å². The van der Waals surface area contributed by atoms with Crippen molar-refractivity contribution in [3.63, 3.8) is 0 Å². The van der Waals surface area contributed by atoms with Crippen LogP contribution in [0.4, 0.5) is 10.5 Å². The Bertz CT molecular complexity index is 501. The molecule has 0 radical (unpaired) electrons. The molecule has 0 saturated carbocycles. The Labute approximate surface area is 123 Å². The second kappa shape index (κ2) is 6.97. The van der Waals surface area contributed by atoms with E-state index in [9.17, 15) is 9.59 Å². The number of nitrogens with one attached hydrogen (secondary N) is 1. The van der Waals surface area contributed by atoms with E-state index in [4.69, 9.17) is 9.84 Å². The Morgan fingerprint density at radius 3 is 2.67 bits per heavy atom. The monoisotopic (exact) mass is 292 g/mol. The number of hydrogen-bond donors (Lipinski definition) is 2. The highest BCUT2D eigenvalue weighted by molar-refractivity contribution is 5.89. The number of piperidine rings is 1. The molecule has 1 saturated heterocycles. The van der Waals surface area contributed by atoms with Crippen molar-refractivity contribution in [2.45, 2.75) is 32.2 Å². The molecule has 21 heavy (non-hydrogen) atoms. The van der Waals surface area contributed by atoms with Crippen LogP contribution in [0.3, 0.4) is 0 Å². The van der Waals surface area contributed by atoms with Crippen LogP contribution in [-0.4, -0.2) is 41.2 Å². The zero-order valence-corrected chi connectivity index (χ0v) is 12.0. The second-order valence-electron chi connectivity index (χ2n) is 5.18. The van der Waals surface area contributed by atoms with Crippen molar-refractivity contribution >= 4 is 17.7 Å². The average molecular weight is 292 g/mol. The van der Waals surface area contributed by atoms with Gasteiger partial charge in [-0.05, 0) is 50.5 Å². The van der Waals surface area contributed by atoms with Gasteiger partial charge in [-0.1, -0.05) is 0 Å². The Hall–Kier alpha value is -2.24. The van der Waals surface area contributed by atoms with Gasteiger partial charge in [-0.25, -0.2) is 9.59 Å². The average Bonchev–Trinajstić information content (AvgIpc) is 2.47. The molecule has 0 aliphatic carbocycles. The number of hydrogen-bond acceptors (Lipinski definition) is 3. The third kappa shape index (κ3) is 4.37. The highest BCUT2D eigenvalue weighted by Gasteiger charge is 2.22. The smallest absolute Gasteiger partial charge is 0.341 e. The van der Waals surface area contributed by atoms with E-state index < -0.39 is 5.97 Å². The molecule has 0 aromatic heterocycles. The number of urea groups is 1. The van der Waals surface area contributed by atoms with Gasteiger partial charge >= 0.3 is 12.0 Å². The molecule has 1 aliphatic rings. The van der Waals surface area contributed by atoms with E-state index in [1.165, 1.54) is 6.42 Å². The lowest BCUT2D eigenvalue weighted by molar-refractivity contribution is -0.139. The summed E-state index contributed by atoms with van der Waals surface area (Å²) in [5, 5.41) is 11.4. The number of benzene rings is 1. The molecule has 0 spiro atoms. The molecule has 1 fully saturated rings. The number of carbonyl (C=O) groups is 2. The number of carbonyl (C=O) groups excluding carboxylic acids is 1. The highest BCUT2D eigenvalue weighted by Crippen LogP contribution is 2.19. The van der Waals surface area contributed by atoms with Crippen molar-refractivity contribution in [3.05, 3.63) is 24.3 Å². The van der Waals surface area contributed by atoms with Gasteiger partial charge in [-0.15, -0.1) is 0 Å². The van der Waals surface area contributed by atoms with Crippen molar-refractivity contribution in [3.8, 4) is 5.75 Å². The van der Waals surface area contributed by atoms with Crippen molar-refractivity contribution in [2.75, 3.05) is 18.5 Å². The van der Waals surface area contributed by atoms with Crippen LogP contribution in [0.1, 0.15) is 26.2 Å². The van der Waals surface area contributed by atoms with E-state index in [1.807, 2.05) is 4.90 Å². The van der Waals surface area contributed by atoms with Crippen LogP contribution in [0.5, 0.6) is 5.75 Å². The maximum Gasteiger partial charge on any atom is 0.341 e. The largest absolute Gasteiger partial charge is 0.482 e. The molecule has 2 rings (SSSR count). The second-order valence-corrected chi connectivity index (χ2v) is 5.18. The van der Waals surface area contributed by atoms with Crippen LogP contribution in [-0.2, 0) is 4.79 Å². The summed E-state index contributed by atoms with van der Waals surface area (Å²) in [6, 6.07) is 6.84. The first-order chi connectivity index (χ1) is 10.1. The standard InChI is InChI=1S/C15H20N2O4/c1-11-4-2-3-9-17(11)15(20)16-12-5-7-13(8-6-12)21-10-14(18)19/h5-8,11H,2-4,9-10H2,1H3,(H,16,20)(H,18,19). The fraction of sp³-hybridized carbons (Fsp3) is 0.467. The molecule has 6 nitrogen and oxygen atoms in total. The van der Waals surface area contributed by atoms with Crippen LogP contribution in [0.25, 0.3) is 0 Å². The summed E-state index contributed by atoms with van der Waals surface area (Å²) >= 11 is 0. The van der Waals surface area contributed by atoms with Gasteiger partial charge in [0.15, 0.2) is 6.61 Å². The minimum absolute atomic E-state index is 0.0959. The van der Waals surface area contributed by atoms with Gasteiger partial charge in [0.2, 0.25) is 0 Å². The number of likely N-dealkylation sites (tertiary alicyclic amines) is 1. The first kappa shape index (κ1) is 15.2. The predicted octanol–water partition coefficient (Wildman–Crippen LogP) is 2.56. The van der Waals surface area contributed by atoms with Crippen LogP contribution in [0.15, 0.2) is 24.3 Å². The molecule has 1 aliphatic heterocycles. The molecule has 114 valence electrons. The van der Waals surface area contributed by atoms with E-state index in [0.29, 0.717) is 11.4 Å². The maximum absolute atomic E-state index is 12.2. The third-order valence-electron chi connectivity index (χ3n) is 3.53. The number of carboxylic acids is 1. The van der Waals surface area contributed by atoms with Gasteiger partial charge in [-0.3, -0.25) is 0 Å². The lowest BCUT2D eigenvalue weighted by atomic mass is 10.0. The van der Waals surface area contributed by atoms with Gasteiger partial charge in [0, 0.05) is 18.3 Å². The summed E-state index contributed by atoms with van der Waals surface area (Å²) in [7, 11) is 0. The Kier molecular flexibility index (Phi) is 5.03. The zero-order chi connectivity index (χ0) is 15.2. The van der Waals surface area contributed by atoms with Gasteiger partial charge < -0.3 is 20.1 Å². The molecular weight excluding hydrogens is 272 g/mol. The van der Waals surface area contributed by atoms with E-state index in [-0.39, 0.29) is 18.7 Å². The first-order valence-electron chi connectivity index (χ1n) is 7.08. The molecule has 2 N–H and O–H groups in total. The van der Waals surface area contributed by atoms with Crippen LogP contribution >= 0.6 is 0 Å². The number of ether oxygens (including phenoxy) is 1. The van der Waals surface area contributed by atoms with Crippen molar-refractivity contribution < 1.29 is 19.4 Å². The maximum atomic E-state index is 12.2. The predicted molar refractivity (Wildman–Crippen MR) is 78.6 cm³/mol. The fourth-order valence-electron chi connectivity index (χ4n) is 2.37. The van der Waals surface area contributed by atoms with E-state index in [1.54, 1.807) is 24.3 Å². The Balaban J connectivity index is 1.90. The van der Waals surface area contributed by atoms with E-state index in [0.717, 1.165) is 19.4 Å². The Morgan fingerprint density at radius 1 is 1.33 bits per heavy atom. The molecular formula is C15H20N2O4. The third-order valence-corrected chi connectivity index (χ3v) is 3.53. The number of amides is 2. The van der Waals surface area contributed by atoms with Crippen LogP contribution in [0, 0.1) is 0 Å². The quantitative estimate of drug-likeness (QED) is 0.894. The first-order valence-corrected chi connectivity index (χ1v) is 7.08. The molecule has 1 unspecified atom stereocenters. The molecule has 2 amide bonds. The number of rotatable bonds is 4. The van der Waals surface area contributed by atoms with Crippen LogP contribution in [0.2, 0.25) is 0 Å². The van der Waals surface area contributed by atoms with Gasteiger partial charge in [0.25, 0.3) is 0 Å². The van der Waals surface area contributed by atoms with Crippen LogP contribution < -0.4 is 10.1 Å². The number of carboxylic acid groups (broad SMARTS) is 1. The molecule has 6 heteroatoms. The number of aliphatic carboxylic acids is 1. The van der Waals surface area contributed by atoms with Gasteiger partial charge in [0.05, 0.1) is 0 Å². The summed E-state index contributed by atoms with van der Waals surface area (Å²) in [5.41, 5.74) is 0.667. The van der Waals surface area contributed by atoms with Crippen molar-refractivity contribution in [1.82, 2.24) is 4.90 Å². The minimum atomic E-state index is -1.02. The summed E-state index contributed by atoms with van der Waals surface area (Å²) in [4.78, 5) is 24.4. The van der Waals surface area contributed by atoms with Crippen molar-refractivity contribution in [2.24, 2.45) is 0 Å². The summed E-state index contributed by atoms with van der Waals surface area (Å²) < 4.78 is 5.04. The van der Waals surface area contributed by atoms with E-state index in [2.05, 4.69) is 12.2 Å². The van der Waals surface area contributed by atoms with E-state index >= 15 is 0 Å². The molecule has 1 heterocycles. The lowest BCUT2D eigenvalue weighted by Crippen LogP contribution is -2.44. The molecule has 0 bridgehead atoms. The number of nitrogens with zero attached hydrogens (tertiary/aromatic N) is 1. The van der Waals surface area contributed by atoms with Gasteiger partial charge in [-0.2, -0.15) is 0 Å². The molecule has 1 aromatic rings. The minimum Gasteiger partial charge on any atom is -0.482 e. The summed E-state index contributed by atoms with van der Waals surface area (Å²) in [6.07, 6.45) is 3.25. The molecule has 1 aromatic carbocycles. The van der Waals surface area contributed by atoms with Gasteiger partial charge in [0.1, 0.15) is 5.75 Å².